The van der Waals surface area contributed by atoms with Crippen LogP contribution in [0, 0.1) is 6.92 Å². The SMILES string of the molecule is COc1cc(CNC(C)CCc2ccccc2)c(Br)cc1OCc1ccccc1C. The summed E-state index contributed by atoms with van der Waals surface area (Å²) in [5.41, 5.74) is 4.93. The predicted octanol–water partition coefficient (Wildman–Crippen LogP) is 6.46. The van der Waals surface area contributed by atoms with Crippen molar-refractivity contribution in [2.24, 2.45) is 0 Å². The van der Waals surface area contributed by atoms with Gasteiger partial charge >= 0.3 is 0 Å². The predicted molar refractivity (Wildman–Crippen MR) is 127 cm³/mol. The van der Waals surface area contributed by atoms with Crippen molar-refractivity contribution in [1.29, 1.82) is 0 Å². The molecule has 0 aliphatic carbocycles. The first-order chi connectivity index (χ1) is 14.6. The molecule has 1 N–H and O–H groups in total. The minimum absolute atomic E-state index is 0.417. The van der Waals surface area contributed by atoms with E-state index in [0.717, 1.165) is 40.9 Å². The van der Waals surface area contributed by atoms with Gasteiger partial charge in [-0.15, -0.1) is 0 Å². The number of rotatable bonds is 10. The van der Waals surface area contributed by atoms with E-state index in [4.69, 9.17) is 9.47 Å². The molecule has 4 heteroatoms. The second-order valence-electron chi connectivity index (χ2n) is 7.62. The van der Waals surface area contributed by atoms with Gasteiger partial charge in [-0.2, -0.15) is 0 Å². The molecule has 0 heterocycles. The van der Waals surface area contributed by atoms with Gasteiger partial charge in [0.05, 0.1) is 7.11 Å². The maximum absolute atomic E-state index is 6.07. The lowest BCUT2D eigenvalue weighted by atomic mass is 10.1. The van der Waals surface area contributed by atoms with Crippen LogP contribution >= 0.6 is 15.9 Å². The number of ether oxygens (including phenoxy) is 2. The summed E-state index contributed by atoms with van der Waals surface area (Å²) in [4.78, 5) is 0. The summed E-state index contributed by atoms with van der Waals surface area (Å²) in [7, 11) is 1.68. The quantitative estimate of drug-likeness (QED) is 0.371. The Labute approximate surface area is 188 Å². The molecular formula is C26H30BrNO2. The van der Waals surface area contributed by atoms with E-state index in [9.17, 15) is 0 Å². The van der Waals surface area contributed by atoms with Crippen molar-refractivity contribution in [2.45, 2.75) is 45.9 Å². The van der Waals surface area contributed by atoms with E-state index in [1.54, 1.807) is 7.11 Å². The number of aryl methyl sites for hydroxylation is 2. The molecule has 0 saturated heterocycles. The van der Waals surface area contributed by atoms with Crippen LogP contribution in [0.4, 0.5) is 0 Å². The van der Waals surface area contributed by atoms with Gasteiger partial charge in [-0.3, -0.25) is 0 Å². The van der Waals surface area contributed by atoms with Crippen LogP contribution in [-0.2, 0) is 19.6 Å². The van der Waals surface area contributed by atoms with Gasteiger partial charge in [0.25, 0.3) is 0 Å². The summed E-state index contributed by atoms with van der Waals surface area (Å²) >= 11 is 3.70. The van der Waals surface area contributed by atoms with Gasteiger partial charge < -0.3 is 14.8 Å². The van der Waals surface area contributed by atoms with Crippen LogP contribution in [0.1, 0.15) is 35.6 Å². The molecule has 0 aliphatic heterocycles. The molecule has 0 aliphatic rings. The molecule has 3 aromatic carbocycles. The van der Waals surface area contributed by atoms with E-state index in [-0.39, 0.29) is 0 Å². The van der Waals surface area contributed by atoms with E-state index in [2.05, 4.69) is 77.6 Å². The topological polar surface area (TPSA) is 30.5 Å². The Morgan fingerprint density at radius 1 is 0.933 bits per heavy atom. The monoisotopic (exact) mass is 467 g/mol. The van der Waals surface area contributed by atoms with Crippen molar-refractivity contribution in [3.05, 3.63) is 93.5 Å². The highest BCUT2D eigenvalue weighted by Crippen LogP contribution is 2.34. The van der Waals surface area contributed by atoms with Crippen LogP contribution in [0.5, 0.6) is 11.5 Å². The highest BCUT2D eigenvalue weighted by atomic mass is 79.9. The molecule has 0 radical (unpaired) electrons. The molecular weight excluding hydrogens is 438 g/mol. The maximum atomic E-state index is 6.07. The number of halogens is 1. The third kappa shape index (κ3) is 6.35. The molecule has 3 aromatic rings. The van der Waals surface area contributed by atoms with Crippen molar-refractivity contribution < 1.29 is 9.47 Å². The Balaban J connectivity index is 1.58. The minimum Gasteiger partial charge on any atom is -0.493 e. The maximum Gasteiger partial charge on any atom is 0.162 e. The lowest BCUT2D eigenvalue weighted by Gasteiger charge is -2.17. The Bertz CT molecular complexity index is 943. The van der Waals surface area contributed by atoms with Gasteiger partial charge in [0.15, 0.2) is 11.5 Å². The molecule has 3 nitrogen and oxygen atoms in total. The second kappa shape index (κ2) is 11.2. The molecule has 0 bridgehead atoms. The minimum atomic E-state index is 0.417. The van der Waals surface area contributed by atoms with Crippen molar-refractivity contribution in [3.63, 3.8) is 0 Å². The first kappa shape index (κ1) is 22.4. The molecule has 0 amide bonds. The van der Waals surface area contributed by atoms with Gasteiger partial charge in [-0.1, -0.05) is 70.5 Å². The Hall–Kier alpha value is -2.30. The molecule has 158 valence electrons. The summed E-state index contributed by atoms with van der Waals surface area (Å²) in [6, 6.07) is 23.4. The number of nitrogens with one attached hydrogen (secondary N) is 1. The van der Waals surface area contributed by atoms with Crippen LogP contribution in [-0.4, -0.2) is 13.2 Å². The first-order valence-corrected chi connectivity index (χ1v) is 11.2. The largest absolute Gasteiger partial charge is 0.493 e. The van der Waals surface area contributed by atoms with Crippen molar-refractivity contribution >= 4 is 15.9 Å². The highest BCUT2D eigenvalue weighted by Gasteiger charge is 2.12. The Morgan fingerprint density at radius 2 is 1.67 bits per heavy atom. The fourth-order valence-electron chi connectivity index (χ4n) is 3.33. The Morgan fingerprint density at radius 3 is 2.40 bits per heavy atom. The lowest BCUT2D eigenvalue weighted by molar-refractivity contribution is 0.283. The van der Waals surface area contributed by atoms with Crippen LogP contribution < -0.4 is 14.8 Å². The molecule has 0 fully saturated rings. The van der Waals surface area contributed by atoms with Crippen LogP contribution in [0.2, 0.25) is 0 Å². The second-order valence-corrected chi connectivity index (χ2v) is 8.47. The molecule has 0 aromatic heterocycles. The van der Waals surface area contributed by atoms with Crippen molar-refractivity contribution in [2.75, 3.05) is 7.11 Å². The summed E-state index contributed by atoms with van der Waals surface area (Å²) in [6.07, 6.45) is 2.17. The third-order valence-electron chi connectivity index (χ3n) is 5.33. The van der Waals surface area contributed by atoms with Crippen molar-refractivity contribution in [3.8, 4) is 11.5 Å². The normalized spacial score (nSPS) is 11.9. The summed E-state index contributed by atoms with van der Waals surface area (Å²) in [6.45, 7) is 5.61. The smallest absolute Gasteiger partial charge is 0.162 e. The average Bonchev–Trinajstić information content (AvgIpc) is 2.77. The van der Waals surface area contributed by atoms with E-state index in [1.165, 1.54) is 16.7 Å². The number of hydrogen-bond donors (Lipinski definition) is 1. The van der Waals surface area contributed by atoms with E-state index >= 15 is 0 Å². The standard InChI is InChI=1S/C26H30BrNO2/c1-19-9-7-8-12-22(19)18-30-26-16-24(27)23(15-25(26)29-3)17-28-20(2)13-14-21-10-5-4-6-11-21/h4-12,15-16,20,28H,13-14,17-18H2,1-3H3. The first-order valence-electron chi connectivity index (χ1n) is 10.4. The molecule has 1 unspecified atom stereocenters. The van der Waals surface area contributed by atoms with Gasteiger partial charge in [0.1, 0.15) is 6.61 Å². The zero-order chi connectivity index (χ0) is 21.3. The van der Waals surface area contributed by atoms with Crippen molar-refractivity contribution in [1.82, 2.24) is 5.32 Å². The van der Waals surface area contributed by atoms with Gasteiger partial charge in [0, 0.05) is 17.1 Å². The van der Waals surface area contributed by atoms with E-state index in [1.807, 2.05) is 24.3 Å². The Kier molecular flexibility index (Phi) is 8.35. The third-order valence-corrected chi connectivity index (χ3v) is 6.07. The summed E-state index contributed by atoms with van der Waals surface area (Å²) in [5.74, 6) is 1.49. The molecule has 1 atom stereocenters. The zero-order valence-corrected chi connectivity index (χ0v) is 19.5. The van der Waals surface area contributed by atoms with E-state index in [0.29, 0.717) is 12.6 Å². The molecule has 0 spiro atoms. The van der Waals surface area contributed by atoms with Crippen LogP contribution in [0.3, 0.4) is 0 Å². The molecule has 0 saturated carbocycles. The molecule has 3 rings (SSSR count). The van der Waals surface area contributed by atoms with Crippen LogP contribution in [0.15, 0.2) is 71.2 Å². The fraction of sp³-hybridized carbons (Fsp3) is 0.308. The van der Waals surface area contributed by atoms with Gasteiger partial charge in [0.2, 0.25) is 0 Å². The van der Waals surface area contributed by atoms with Crippen LogP contribution in [0.25, 0.3) is 0 Å². The van der Waals surface area contributed by atoms with Gasteiger partial charge in [-0.05, 0) is 61.1 Å². The fourth-order valence-corrected chi connectivity index (χ4v) is 3.79. The summed E-state index contributed by atoms with van der Waals surface area (Å²) in [5, 5.41) is 3.62. The number of methoxy groups -OCH3 is 1. The average molecular weight is 468 g/mol. The highest BCUT2D eigenvalue weighted by molar-refractivity contribution is 9.10. The number of benzene rings is 3. The molecule has 30 heavy (non-hydrogen) atoms. The van der Waals surface area contributed by atoms with E-state index < -0.39 is 0 Å². The van der Waals surface area contributed by atoms with Gasteiger partial charge in [-0.25, -0.2) is 0 Å². The lowest BCUT2D eigenvalue weighted by Crippen LogP contribution is -2.26. The number of hydrogen-bond acceptors (Lipinski definition) is 3. The summed E-state index contributed by atoms with van der Waals surface area (Å²) < 4.78 is 12.7. The zero-order valence-electron chi connectivity index (χ0n) is 18.0.